The zero-order valence-corrected chi connectivity index (χ0v) is 24.8. The summed E-state index contributed by atoms with van der Waals surface area (Å²) in [4.78, 5) is 50.1. The molecule has 0 aromatic rings. The van der Waals surface area contributed by atoms with E-state index in [1.54, 1.807) is 19.1 Å². The van der Waals surface area contributed by atoms with Gasteiger partial charge in [0.25, 0.3) is 0 Å². The number of hydrogen-bond donors (Lipinski definition) is 1. The van der Waals surface area contributed by atoms with Gasteiger partial charge >= 0.3 is 12.3 Å². The van der Waals surface area contributed by atoms with Gasteiger partial charge in [0.1, 0.15) is 0 Å². The van der Waals surface area contributed by atoms with E-state index in [-0.39, 0.29) is 37.3 Å². The van der Waals surface area contributed by atoms with E-state index >= 15 is 0 Å². The summed E-state index contributed by atoms with van der Waals surface area (Å²) in [5.41, 5.74) is -2.65. The highest BCUT2D eigenvalue weighted by atomic mass is 35.5. The van der Waals surface area contributed by atoms with Crippen LogP contribution in [0.15, 0.2) is 23.8 Å². The van der Waals surface area contributed by atoms with E-state index in [1.165, 1.54) is 6.08 Å². The maximum absolute atomic E-state index is 14.0. The van der Waals surface area contributed by atoms with Gasteiger partial charge in [-0.05, 0) is 63.0 Å². The van der Waals surface area contributed by atoms with E-state index in [2.05, 4.69) is 0 Å². The van der Waals surface area contributed by atoms with E-state index < -0.39 is 58.0 Å². The fourth-order valence-corrected chi connectivity index (χ4v) is 8.77. The summed E-state index contributed by atoms with van der Waals surface area (Å²) >= 11 is 7.50. The maximum Gasteiger partial charge on any atom is 0.509 e. The molecule has 222 valence electrons. The molecule has 4 aliphatic carbocycles. The minimum absolute atomic E-state index is 0.0481. The van der Waals surface area contributed by atoms with Crippen molar-refractivity contribution < 1.29 is 43.2 Å². The van der Waals surface area contributed by atoms with Crippen molar-refractivity contribution in [2.24, 2.45) is 28.6 Å². The molecule has 0 spiro atoms. The average molecular weight is 581 g/mol. The van der Waals surface area contributed by atoms with Crippen LogP contribution in [0.2, 0.25) is 0 Å². The largest absolute Gasteiger partial charge is 0.509 e. The van der Waals surface area contributed by atoms with E-state index in [9.17, 15) is 24.3 Å². The lowest BCUT2D eigenvalue weighted by atomic mass is 9.45. The molecule has 0 aromatic heterocycles. The Morgan fingerprint density at radius 2 is 1.82 bits per heavy atom. The fraction of sp³-hybridized carbons (Fsp3) is 0.733. The highest BCUT2D eigenvalue weighted by Gasteiger charge is 2.76. The zero-order chi connectivity index (χ0) is 29.5. The number of aliphatic hydroxyl groups excluding tert-OH is 1. The molecule has 8 atom stereocenters. The van der Waals surface area contributed by atoms with Crippen molar-refractivity contribution in [2.75, 3.05) is 19.8 Å². The quantitative estimate of drug-likeness (QED) is 0.231. The summed E-state index contributed by atoms with van der Waals surface area (Å²) in [6, 6.07) is 0. The number of halogens is 1. The number of fused-ring (bicyclic) bond motifs is 5. The molecule has 0 radical (unpaired) electrons. The molecule has 3 fully saturated rings. The Kier molecular flexibility index (Phi) is 8.50. The van der Waals surface area contributed by atoms with Gasteiger partial charge in [0.05, 0.1) is 24.2 Å². The first-order valence-electron chi connectivity index (χ1n) is 14.3. The number of ether oxygens (including phenoxy) is 4. The van der Waals surface area contributed by atoms with Crippen LogP contribution in [0.1, 0.15) is 73.1 Å². The first-order valence-corrected chi connectivity index (χ1v) is 14.7. The van der Waals surface area contributed by atoms with Gasteiger partial charge in [-0.2, -0.15) is 0 Å². The smallest absolute Gasteiger partial charge is 0.435 e. The number of unbranched alkanes of at least 4 members (excludes halogenated alkanes) is 1. The van der Waals surface area contributed by atoms with Crippen molar-refractivity contribution in [1.82, 2.24) is 0 Å². The third-order valence-corrected chi connectivity index (χ3v) is 11.1. The molecule has 10 heteroatoms. The minimum Gasteiger partial charge on any atom is -0.435 e. The van der Waals surface area contributed by atoms with Crippen LogP contribution in [0.4, 0.5) is 9.59 Å². The number of rotatable bonds is 8. The first-order chi connectivity index (χ1) is 18.8. The lowest BCUT2D eigenvalue weighted by Crippen LogP contribution is -2.69. The lowest BCUT2D eigenvalue weighted by molar-refractivity contribution is -0.185. The highest BCUT2D eigenvalue weighted by molar-refractivity contribution is 6.26. The van der Waals surface area contributed by atoms with Crippen molar-refractivity contribution in [1.29, 1.82) is 0 Å². The summed E-state index contributed by atoms with van der Waals surface area (Å²) < 4.78 is 21.3. The van der Waals surface area contributed by atoms with Crippen molar-refractivity contribution in [3.05, 3.63) is 23.8 Å². The zero-order valence-electron chi connectivity index (χ0n) is 24.0. The molecule has 4 aliphatic rings. The summed E-state index contributed by atoms with van der Waals surface area (Å²) in [6.07, 6.45) is 5.10. The van der Waals surface area contributed by atoms with Gasteiger partial charge in [0.15, 0.2) is 18.0 Å². The first kappa shape index (κ1) is 30.6. The van der Waals surface area contributed by atoms with Crippen molar-refractivity contribution in [2.45, 2.75) is 89.7 Å². The summed E-state index contributed by atoms with van der Waals surface area (Å²) in [7, 11) is 0. The summed E-state index contributed by atoms with van der Waals surface area (Å²) in [5.74, 6) is -1.66. The lowest BCUT2D eigenvalue weighted by Gasteiger charge is -2.64. The van der Waals surface area contributed by atoms with Crippen LogP contribution in [0.3, 0.4) is 0 Å². The summed E-state index contributed by atoms with van der Waals surface area (Å²) in [6.45, 7) is 8.79. The molecule has 0 amide bonds. The molecule has 0 aliphatic heterocycles. The average Bonchev–Trinajstić information content (AvgIpc) is 3.11. The monoisotopic (exact) mass is 580 g/mol. The van der Waals surface area contributed by atoms with Crippen LogP contribution in [0.25, 0.3) is 0 Å². The van der Waals surface area contributed by atoms with Crippen molar-refractivity contribution in [3.8, 4) is 0 Å². The molecule has 0 aromatic carbocycles. The second-order valence-corrected chi connectivity index (χ2v) is 12.7. The minimum atomic E-state index is -1.73. The predicted octanol–water partition coefficient (Wildman–Crippen LogP) is 5.31. The van der Waals surface area contributed by atoms with Gasteiger partial charge in [-0.25, -0.2) is 9.59 Å². The number of carbonyl (C=O) groups excluding carboxylic acids is 4. The second kappa shape index (κ2) is 11.1. The predicted molar refractivity (Wildman–Crippen MR) is 146 cm³/mol. The van der Waals surface area contributed by atoms with Gasteiger partial charge in [0.2, 0.25) is 5.78 Å². The normalized spacial score (nSPS) is 39.8. The highest BCUT2D eigenvalue weighted by Crippen LogP contribution is 2.72. The molecule has 0 heterocycles. The molecule has 0 bridgehead atoms. The van der Waals surface area contributed by atoms with Gasteiger partial charge in [-0.1, -0.05) is 45.8 Å². The van der Waals surface area contributed by atoms with Crippen molar-refractivity contribution in [3.63, 3.8) is 0 Å². The van der Waals surface area contributed by atoms with Gasteiger partial charge < -0.3 is 24.1 Å². The number of Topliss-reactive ketones (excluding diaryl/α,β-unsaturated/α-hetero) is 1. The van der Waals surface area contributed by atoms with Crippen LogP contribution < -0.4 is 0 Å². The van der Waals surface area contributed by atoms with Crippen LogP contribution in [0.5, 0.6) is 0 Å². The van der Waals surface area contributed by atoms with Gasteiger partial charge in [0, 0.05) is 16.7 Å². The molecule has 4 rings (SSSR count). The Morgan fingerprint density at radius 1 is 1.10 bits per heavy atom. The Balaban J connectivity index is 1.71. The summed E-state index contributed by atoms with van der Waals surface area (Å²) in [5, 5.41) is 11.9. The van der Waals surface area contributed by atoms with E-state index in [1.807, 2.05) is 27.7 Å². The number of hydrogen-bond acceptors (Lipinski definition) is 9. The van der Waals surface area contributed by atoms with E-state index in [4.69, 9.17) is 30.5 Å². The standard InChI is InChI=1S/C30H41ClO9/c1-6-8-13-38-25(35)39-17-24(34)30(40-26(36)37-7-2)18(3)14-22-21-10-9-19-15-20(32)11-12-27(19,4)29(21,31)23(33)16-28(22,30)5/h11-12,15,18,21-23,33H,6-10,13-14,16-17H2,1-5H3/t18-,21+,22+,23?,27+,28+,29+,30+/m1/s1. The SMILES string of the molecule is CCCCOC(=O)OCC(=O)[C@@]1(OC(=O)OCC)[C@H](C)C[C@H]2[C@@H]3CCC4=CC(=O)C=C[C@]4(C)[C@@]3(Cl)C(O)C[C@@]21C. The Morgan fingerprint density at radius 3 is 2.50 bits per heavy atom. The van der Waals surface area contributed by atoms with Crippen LogP contribution >= 0.6 is 11.6 Å². The molecule has 1 N–H and O–H groups in total. The molecular formula is C30H41ClO9. The van der Waals surface area contributed by atoms with Gasteiger partial charge in [-0.15, -0.1) is 11.6 Å². The maximum atomic E-state index is 14.0. The third kappa shape index (κ3) is 4.48. The Hall–Kier alpha value is -2.39. The number of aliphatic hydroxyl groups is 1. The third-order valence-electron chi connectivity index (χ3n) is 10.1. The molecule has 9 nitrogen and oxygen atoms in total. The molecule has 3 saturated carbocycles. The molecule has 1 unspecified atom stereocenters. The molecular weight excluding hydrogens is 540 g/mol. The number of allylic oxidation sites excluding steroid dienone is 4. The van der Waals surface area contributed by atoms with Crippen LogP contribution in [0, 0.1) is 28.6 Å². The molecule has 0 saturated heterocycles. The topological polar surface area (TPSA) is 125 Å². The Bertz CT molecular complexity index is 1120. The fourth-order valence-electron chi connectivity index (χ4n) is 8.25. The second-order valence-electron chi connectivity index (χ2n) is 12.1. The van der Waals surface area contributed by atoms with E-state index in [0.29, 0.717) is 25.7 Å². The van der Waals surface area contributed by atoms with E-state index in [0.717, 1.165) is 12.0 Å². The molecule has 40 heavy (non-hydrogen) atoms. The Labute approximate surface area is 240 Å². The van der Waals surface area contributed by atoms with Crippen molar-refractivity contribution >= 4 is 35.5 Å². The van der Waals surface area contributed by atoms with Crippen LogP contribution in [-0.2, 0) is 28.5 Å². The number of ketones is 2. The van der Waals surface area contributed by atoms with Gasteiger partial charge in [-0.3, -0.25) is 9.59 Å². The number of carbonyl (C=O) groups is 4. The van der Waals surface area contributed by atoms with Crippen LogP contribution in [-0.4, -0.2) is 65.4 Å². The number of alkyl halides is 1.